The monoisotopic (exact) mass is 281 g/mol. The van der Waals surface area contributed by atoms with E-state index >= 15 is 0 Å². The Bertz CT molecular complexity index is 281. The molecule has 0 spiro atoms. The molecule has 2 unspecified atom stereocenters. The van der Waals surface area contributed by atoms with E-state index in [4.69, 9.17) is 0 Å². The Morgan fingerprint density at radius 1 is 1.00 bits per heavy atom. The van der Waals surface area contributed by atoms with Crippen LogP contribution in [0.25, 0.3) is 0 Å². The molecule has 20 heavy (non-hydrogen) atoms. The first-order valence-electron chi connectivity index (χ1n) is 8.91. The maximum Gasteiger partial charge on any atom is 0.0462 e. The lowest BCUT2D eigenvalue weighted by Gasteiger charge is -2.39. The first-order valence-corrected chi connectivity index (χ1v) is 8.91. The molecule has 0 aromatic rings. The molecule has 0 bridgehead atoms. The van der Waals surface area contributed by atoms with Gasteiger partial charge in [0.25, 0.3) is 0 Å². The third kappa shape index (κ3) is 3.98. The molecule has 2 atom stereocenters. The third-order valence-electron chi connectivity index (χ3n) is 6.46. The van der Waals surface area contributed by atoms with E-state index in [1.165, 1.54) is 51.4 Å². The van der Waals surface area contributed by atoms with E-state index in [2.05, 4.69) is 26.1 Å². The van der Waals surface area contributed by atoms with Crippen LogP contribution in [0.2, 0.25) is 0 Å². The largest absolute Gasteiger partial charge is 0.396 e. The summed E-state index contributed by atoms with van der Waals surface area (Å²) in [6, 6.07) is 0.735. The van der Waals surface area contributed by atoms with Gasteiger partial charge in [0.05, 0.1) is 0 Å². The van der Waals surface area contributed by atoms with Crippen LogP contribution in [-0.2, 0) is 0 Å². The number of aliphatic hydroxyl groups excluding tert-OH is 1. The lowest BCUT2D eigenvalue weighted by atomic mass is 9.69. The normalized spacial score (nSPS) is 35.4. The third-order valence-corrected chi connectivity index (χ3v) is 6.46. The summed E-state index contributed by atoms with van der Waals surface area (Å²) in [4.78, 5) is 0. The minimum absolute atomic E-state index is 0.393. The van der Waals surface area contributed by atoms with E-state index in [0.717, 1.165) is 24.4 Å². The van der Waals surface area contributed by atoms with Crippen molar-refractivity contribution in [2.45, 2.75) is 78.2 Å². The van der Waals surface area contributed by atoms with E-state index in [-0.39, 0.29) is 0 Å². The molecule has 2 fully saturated rings. The van der Waals surface area contributed by atoms with E-state index in [1.807, 2.05) is 0 Å². The Balaban J connectivity index is 1.70. The fraction of sp³-hybridized carbons (Fsp3) is 1.00. The molecule has 2 aliphatic rings. The van der Waals surface area contributed by atoms with Gasteiger partial charge in [-0.25, -0.2) is 0 Å². The number of hydrogen-bond acceptors (Lipinski definition) is 2. The van der Waals surface area contributed by atoms with Gasteiger partial charge in [-0.3, -0.25) is 0 Å². The van der Waals surface area contributed by atoms with Crippen molar-refractivity contribution in [3.63, 3.8) is 0 Å². The molecule has 2 nitrogen and oxygen atoms in total. The highest BCUT2D eigenvalue weighted by Crippen LogP contribution is 2.40. The molecule has 0 aromatic heterocycles. The highest BCUT2D eigenvalue weighted by atomic mass is 16.3. The average Bonchev–Trinajstić information content (AvgIpc) is 2.93. The maximum atomic E-state index is 9.40. The lowest BCUT2D eigenvalue weighted by Crippen LogP contribution is -2.39. The summed E-state index contributed by atoms with van der Waals surface area (Å²) in [7, 11) is 0. The Morgan fingerprint density at radius 3 is 2.25 bits per heavy atom. The van der Waals surface area contributed by atoms with Gasteiger partial charge in [-0.15, -0.1) is 0 Å². The number of rotatable bonds is 6. The summed E-state index contributed by atoms with van der Waals surface area (Å²) >= 11 is 0. The van der Waals surface area contributed by atoms with E-state index in [0.29, 0.717) is 17.9 Å². The summed E-state index contributed by atoms with van der Waals surface area (Å²) in [5.41, 5.74) is 0.526. The summed E-state index contributed by atoms with van der Waals surface area (Å²) in [5, 5.41) is 13.2. The molecule has 2 N–H and O–H groups in total. The zero-order valence-electron chi connectivity index (χ0n) is 13.8. The standard InChI is InChI=1S/C18H35NO/c1-4-18(2,3)16-8-10-17(11-9-16)19-12-14-6-5-7-15(14)13-20/h14-17,19-20H,4-13H2,1-3H3. The fourth-order valence-electron chi connectivity index (χ4n) is 4.31. The second-order valence-corrected chi connectivity index (χ2v) is 7.93. The van der Waals surface area contributed by atoms with Crippen LogP contribution in [0, 0.1) is 23.2 Å². The van der Waals surface area contributed by atoms with Crippen LogP contribution in [0.5, 0.6) is 0 Å². The Kier molecular flexibility index (Phi) is 5.92. The average molecular weight is 281 g/mol. The molecule has 0 aliphatic heterocycles. The van der Waals surface area contributed by atoms with Crippen molar-refractivity contribution >= 4 is 0 Å². The van der Waals surface area contributed by atoms with Crippen molar-refractivity contribution in [3.05, 3.63) is 0 Å². The molecule has 0 amide bonds. The van der Waals surface area contributed by atoms with Crippen LogP contribution < -0.4 is 5.32 Å². The van der Waals surface area contributed by atoms with Crippen LogP contribution in [0.15, 0.2) is 0 Å². The zero-order valence-corrected chi connectivity index (χ0v) is 13.8. The van der Waals surface area contributed by atoms with Gasteiger partial charge in [0, 0.05) is 12.6 Å². The first-order chi connectivity index (χ1) is 9.56. The molecule has 2 saturated carbocycles. The van der Waals surface area contributed by atoms with Crippen molar-refractivity contribution in [1.29, 1.82) is 0 Å². The van der Waals surface area contributed by atoms with Gasteiger partial charge in [0.2, 0.25) is 0 Å². The first kappa shape index (κ1) is 16.3. The van der Waals surface area contributed by atoms with Gasteiger partial charge in [-0.1, -0.05) is 33.6 Å². The highest BCUT2D eigenvalue weighted by molar-refractivity contribution is 4.86. The van der Waals surface area contributed by atoms with Gasteiger partial charge >= 0.3 is 0 Å². The molecule has 0 heterocycles. The molecular weight excluding hydrogens is 246 g/mol. The lowest BCUT2D eigenvalue weighted by molar-refractivity contribution is 0.132. The van der Waals surface area contributed by atoms with Crippen LogP contribution in [0.1, 0.15) is 72.1 Å². The smallest absolute Gasteiger partial charge is 0.0462 e. The number of hydrogen-bond donors (Lipinski definition) is 2. The summed E-state index contributed by atoms with van der Waals surface area (Å²) < 4.78 is 0. The van der Waals surface area contributed by atoms with E-state index < -0.39 is 0 Å². The SMILES string of the molecule is CCC(C)(C)C1CCC(NCC2CCCC2CO)CC1. The molecular formula is C18H35NO. The van der Waals surface area contributed by atoms with Crippen molar-refractivity contribution in [1.82, 2.24) is 5.32 Å². The summed E-state index contributed by atoms with van der Waals surface area (Å²) in [5.74, 6) is 2.21. The van der Waals surface area contributed by atoms with E-state index in [9.17, 15) is 5.11 Å². The Hall–Kier alpha value is -0.0800. The van der Waals surface area contributed by atoms with Crippen LogP contribution >= 0.6 is 0 Å². The zero-order chi connectivity index (χ0) is 14.6. The van der Waals surface area contributed by atoms with Crippen molar-refractivity contribution in [2.75, 3.05) is 13.2 Å². The predicted octanol–water partition coefficient (Wildman–Crippen LogP) is 3.98. The van der Waals surface area contributed by atoms with Gasteiger partial charge < -0.3 is 10.4 Å². The van der Waals surface area contributed by atoms with Crippen molar-refractivity contribution < 1.29 is 5.11 Å². The topological polar surface area (TPSA) is 32.3 Å². The second-order valence-electron chi connectivity index (χ2n) is 7.93. The molecule has 118 valence electrons. The fourth-order valence-corrected chi connectivity index (χ4v) is 4.31. The highest BCUT2D eigenvalue weighted by Gasteiger charge is 2.32. The van der Waals surface area contributed by atoms with Crippen LogP contribution in [-0.4, -0.2) is 24.3 Å². The molecule has 0 radical (unpaired) electrons. The molecule has 2 heteroatoms. The van der Waals surface area contributed by atoms with Gasteiger partial charge in [0.1, 0.15) is 0 Å². The number of aliphatic hydroxyl groups is 1. The predicted molar refractivity (Wildman–Crippen MR) is 85.7 cm³/mol. The number of nitrogens with one attached hydrogen (secondary N) is 1. The van der Waals surface area contributed by atoms with E-state index in [1.54, 1.807) is 0 Å². The minimum atomic E-state index is 0.393. The van der Waals surface area contributed by atoms with Crippen molar-refractivity contribution in [3.8, 4) is 0 Å². The summed E-state index contributed by atoms with van der Waals surface area (Å²) in [6.45, 7) is 8.74. The van der Waals surface area contributed by atoms with Crippen molar-refractivity contribution in [2.24, 2.45) is 23.2 Å². The summed E-state index contributed by atoms with van der Waals surface area (Å²) in [6.07, 6.45) is 10.7. The maximum absolute atomic E-state index is 9.40. The molecule has 2 aliphatic carbocycles. The molecule has 2 rings (SSSR count). The Morgan fingerprint density at radius 2 is 1.65 bits per heavy atom. The molecule has 0 saturated heterocycles. The Labute approximate surface area is 125 Å². The van der Waals surface area contributed by atoms with Gasteiger partial charge in [-0.05, 0) is 68.2 Å². The minimum Gasteiger partial charge on any atom is -0.396 e. The van der Waals surface area contributed by atoms with Crippen LogP contribution in [0.4, 0.5) is 0 Å². The quantitative estimate of drug-likeness (QED) is 0.772. The van der Waals surface area contributed by atoms with Gasteiger partial charge in [0.15, 0.2) is 0 Å². The van der Waals surface area contributed by atoms with Crippen LogP contribution in [0.3, 0.4) is 0 Å². The van der Waals surface area contributed by atoms with Gasteiger partial charge in [-0.2, -0.15) is 0 Å². The second kappa shape index (κ2) is 7.26. The molecule has 0 aromatic carbocycles.